The maximum atomic E-state index is 12.8. The molecule has 2 rings (SSSR count). The highest BCUT2D eigenvalue weighted by Gasteiger charge is 2.34. The summed E-state index contributed by atoms with van der Waals surface area (Å²) in [5.41, 5.74) is 0. The minimum atomic E-state index is -3.93. The van der Waals surface area contributed by atoms with Gasteiger partial charge in [-0.05, 0) is 25.0 Å². The summed E-state index contributed by atoms with van der Waals surface area (Å²) in [6.45, 7) is -0.142. The number of rotatable bonds is 5. The van der Waals surface area contributed by atoms with Crippen molar-refractivity contribution < 1.29 is 23.1 Å². The highest BCUT2D eigenvalue weighted by Crippen LogP contribution is 2.35. The number of carboxylic acid groups (broad SMARTS) is 1. The summed E-state index contributed by atoms with van der Waals surface area (Å²) in [7, 11) is -3.93. The number of benzene rings is 1. The summed E-state index contributed by atoms with van der Waals surface area (Å²) in [6, 6.07) is 2.62. The first kappa shape index (κ1) is 18.8. The number of hydrogen-bond donors (Lipinski definition) is 1. The predicted octanol–water partition coefficient (Wildman–Crippen LogP) is 2.90. The monoisotopic (exact) mass is 401 g/mol. The van der Waals surface area contributed by atoms with Gasteiger partial charge in [-0.25, -0.2) is 13.2 Å². The molecule has 1 saturated heterocycles. The van der Waals surface area contributed by atoms with Gasteiger partial charge >= 0.3 is 5.97 Å². The number of ether oxygens (including phenoxy) is 1. The SMILES string of the molecule is O=C(O)COC1CCCN(S(=O)(=O)c2c(Cl)cc(Cl)cc2Cl)C1. The molecule has 1 fully saturated rings. The lowest BCUT2D eigenvalue weighted by Crippen LogP contribution is -2.43. The van der Waals surface area contributed by atoms with Crippen LogP contribution in [0.2, 0.25) is 15.1 Å². The molecule has 0 spiro atoms. The Labute approximate surface area is 148 Å². The first-order valence-corrected chi connectivity index (χ1v) is 9.27. The van der Waals surface area contributed by atoms with Gasteiger partial charge in [0.05, 0.1) is 16.1 Å². The van der Waals surface area contributed by atoms with Crippen molar-refractivity contribution >= 4 is 50.8 Å². The molecule has 1 unspecified atom stereocenters. The van der Waals surface area contributed by atoms with Gasteiger partial charge in [0.15, 0.2) is 0 Å². The van der Waals surface area contributed by atoms with Gasteiger partial charge in [0.1, 0.15) is 11.5 Å². The molecule has 0 aromatic heterocycles. The zero-order valence-corrected chi connectivity index (χ0v) is 14.9. The second-order valence-corrected chi connectivity index (χ2v) is 8.16. The second kappa shape index (κ2) is 7.55. The Morgan fingerprint density at radius 1 is 1.30 bits per heavy atom. The van der Waals surface area contributed by atoms with E-state index in [1.165, 1.54) is 16.4 Å². The zero-order chi connectivity index (χ0) is 17.2. The minimum absolute atomic E-state index is 0.0465. The van der Waals surface area contributed by atoms with Crippen molar-refractivity contribution in [2.75, 3.05) is 19.7 Å². The van der Waals surface area contributed by atoms with Gasteiger partial charge in [-0.2, -0.15) is 4.31 Å². The van der Waals surface area contributed by atoms with E-state index < -0.39 is 28.7 Å². The first-order valence-electron chi connectivity index (χ1n) is 6.70. The molecule has 0 bridgehead atoms. The first-order chi connectivity index (χ1) is 10.7. The quantitative estimate of drug-likeness (QED) is 0.818. The summed E-state index contributed by atoms with van der Waals surface area (Å²) < 4.78 is 31.9. The lowest BCUT2D eigenvalue weighted by Gasteiger charge is -2.32. The van der Waals surface area contributed by atoms with Crippen LogP contribution >= 0.6 is 34.8 Å². The van der Waals surface area contributed by atoms with Crippen molar-refractivity contribution in [3.05, 3.63) is 27.2 Å². The van der Waals surface area contributed by atoms with Gasteiger partial charge in [-0.3, -0.25) is 0 Å². The van der Waals surface area contributed by atoms with Gasteiger partial charge in [-0.15, -0.1) is 0 Å². The summed E-state index contributed by atoms with van der Waals surface area (Å²) in [6.07, 6.45) is 0.646. The van der Waals surface area contributed by atoms with Crippen LogP contribution in [0.1, 0.15) is 12.8 Å². The van der Waals surface area contributed by atoms with Crippen molar-refractivity contribution in [1.29, 1.82) is 0 Å². The Morgan fingerprint density at radius 2 is 1.91 bits per heavy atom. The van der Waals surface area contributed by atoms with Crippen LogP contribution in [0.5, 0.6) is 0 Å². The van der Waals surface area contributed by atoms with E-state index in [0.29, 0.717) is 12.8 Å². The van der Waals surface area contributed by atoms with Crippen LogP contribution in [-0.2, 0) is 19.6 Å². The van der Waals surface area contributed by atoms with Crippen molar-refractivity contribution in [2.45, 2.75) is 23.8 Å². The Bertz CT molecular complexity index is 687. The lowest BCUT2D eigenvalue weighted by molar-refractivity contribution is -0.145. The summed E-state index contributed by atoms with van der Waals surface area (Å²) >= 11 is 17.8. The topological polar surface area (TPSA) is 83.9 Å². The minimum Gasteiger partial charge on any atom is -0.480 e. The molecule has 1 heterocycles. The van der Waals surface area contributed by atoms with E-state index in [0.717, 1.165) is 0 Å². The third-order valence-electron chi connectivity index (χ3n) is 3.34. The normalized spacial score (nSPS) is 19.7. The molecule has 23 heavy (non-hydrogen) atoms. The number of piperidine rings is 1. The molecule has 6 nitrogen and oxygen atoms in total. The highest BCUT2D eigenvalue weighted by molar-refractivity contribution is 7.89. The zero-order valence-electron chi connectivity index (χ0n) is 11.8. The van der Waals surface area contributed by atoms with Crippen molar-refractivity contribution in [3.8, 4) is 0 Å². The number of nitrogens with zero attached hydrogens (tertiary/aromatic N) is 1. The Kier molecular flexibility index (Phi) is 6.16. The van der Waals surface area contributed by atoms with Crippen LogP contribution in [0, 0.1) is 0 Å². The molecule has 1 N–H and O–H groups in total. The van der Waals surface area contributed by atoms with Gasteiger partial charge in [0, 0.05) is 18.1 Å². The van der Waals surface area contributed by atoms with Crippen molar-refractivity contribution in [2.24, 2.45) is 0 Å². The molecule has 1 aromatic carbocycles. The predicted molar refractivity (Wildman–Crippen MR) is 86.8 cm³/mol. The number of sulfonamides is 1. The van der Waals surface area contributed by atoms with Gasteiger partial charge < -0.3 is 9.84 Å². The van der Waals surface area contributed by atoms with Crippen LogP contribution in [0.15, 0.2) is 17.0 Å². The van der Waals surface area contributed by atoms with Crippen LogP contribution in [0.3, 0.4) is 0 Å². The van der Waals surface area contributed by atoms with E-state index in [4.69, 9.17) is 44.6 Å². The molecular formula is C13H14Cl3NO5S. The van der Waals surface area contributed by atoms with E-state index in [2.05, 4.69) is 0 Å². The summed E-state index contributed by atoms with van der Waals surface area (Å²) in [5.74, 6) is -1.10. The van der Waals surface area contributed by atoms with Crippen molar-refractivity contribution in [1.82, 2.24) is 4.31 Å². The molecule has 10 heteroatoms. The van der Waals surface area contributed by atoms with E-state index in [9.17, 15) is 13.2 Å². The maximum Gasteiger partial charge on any atom is 0.329 e. The van der Waals surface area contributed by atoms with Crippen LogP contribution in [0.25, 0.3) is 0 Å². The number of hydrogen-bond acceptors (Lipinski definition) is 4. The maximum absolute atomic E-state index is 12.8. The third-order valence-corrected chi connectivity index (χ3v) is 6.35. The van der Waals surface area contributed by atoms with Gasteiger partial charge in [0.25, 0.3) is 0 Å². The lowest BCUT2D eigenvalue weighted by atomic mass is 10.1. The van der Waals surface area contributed by atoms with Crippen molar-refractivity contribution in [3.63, 3.8) is 0 Å². The Morgan fingerprint density at radius 3 is 2.48 bits per heavy atom. The highest BCUT2D eigenvalue weighted by atomic mass is 35.5. The molecule has 128 valence electrons. The fraction of sp³-hybridized carbons (Fsp3) is 0.462. The van der Waals surface area contributed by atoms with E-state index in [1.807, 2.05) is 0 Å². The molecule has 1 aromatic rings. The summed E-state index contributed by atoms with van der Waals surface area (Å²) in [5, 5.41) is 8.76. The van der Waals surface area contributed by atoms with Gasteiger partial charge in [-0.1, -0.05) is 34.8 Å². The fourth-order valence-corrected chi connectivity index (χ4v) is 5.36. The Hall–Kier alpha value is -0.570. The van der Waals surface area contributed by atoms with E-state index in [-0.39, 0.29) is 33.1 Å². The molecule has 0 radical (unpaired) electrons. The molecule has 1 atom stereocenters. The standard InChI is InChI=1S/C13H14Cl3NO5S/c14-8-4-10(15)13(11(16)5-8)23(20,21)17-3-1-2-9(6-17)22-7-12(18)19/h4-5,9H,1-3,6-7H2,(H,18,19). The molecule has 1 aliphatic rings. The number of aliphatic carboxylic acids is 1. The molecular weight excluding hydrogens is 389 g/mol. The largest absolute Gasteiger partial charge is 0.480 e. The summed E-state index contributed by atoms with van der Waals surface area (Å²) in [4.78, 5) is 10.4. The van der Waals surface area contributed by atoms with Crippen LogP contribution < -0.4 is 0 Å². The van der Waals surface area contributed by atoms with Crippen LogP contribution in [0.4, 0.5) is 0 Å². The fourth-order valence-electron chi connectivity index (χ4n) is 2.35. The third kappa shape index (κ3) is 4.49. The van der Waals surface area contributed by atoms with Crippen LogP contribution in [-0.4, -0.2) is 49.6 Å². The molecule has 0 saturated carbocycles. The molecule has 1 aliphatic heterocycles. The average molecular weight is 403 g/mol. The van der Waals surface area contributed by atoms with Gasteiger partial charge in [0.2, 0.25) is 10.0 Å². The molecule has 0 amide bonds. The number of halogens is 3. The Balaban J connectivity index is 2.24. The number of carbonyl (C=O) groups is 1. The number of carboxylic acids is 1. The molecule has 0 aliphatic carbocycles. The van der Waals surface area contributed by atoms with E-state index >= 15 is 0 Å². The van der Waals surface area contributed by atoms with E-state index in [1.54, 1.807) is 0 Å². The second-order valence-electron chi connectivity index (χ2n) is 5.03. The smallest absolute Gasteiger partial charge is 0.329 e. The average Bonchev–Trinajstić information content (AvgIpc) is 2.44.